The van der Waals surface area contributed by atoms with Gasteiger partial charge in [-0.15, -0.1) is 24.5 Å². The fourth-order valence-electron chi connectivity index (χ4n) is 1.41. The fraction of sp³-hybridized carbons (Fsp3) is 0.182. The number of aromatic nitrogens is 1. The number of H-pyrrole nitrogens is 1. The molecule has 0 saturated heterocycles. The number of hydrogen-bond acceptors (Lipinski definition) is 3. The lowest BCUT2D eigenvalue weighted by atomic mass is 10.1. The van der Waals surface area contributed by atoms with Crippen LogP contribution in [0.1, 0.15) is 10.4 Å². The maximum atomic E-state index is 12.0. The highest BCUT2D eigenvalue weighted by Gasteiger charge is 2.30. The zero-order valence-electron chi connectivity index (χ0n) is 8.95. The minimum absolute atomic E-state index is 0.215. The van der Waals surface area contributed by atoms with Gasteiger partial charge in [0.25, 0.3) is 0 Å². The van der Waals surface area contributed by atoms with E-state index in [1.165, 1.54) is 23.5 Å². The molecule has 1 aromatic heterocycles. The van der Waals surface area contributed by atoms with Gasteiger partial charge in [0.2, 0.25) is 0 Å². The van der Waals surface area contributed by atoms with Crippen molar-refractivity contribution in [3.8, 4) is 5.75 Å². The Kier molecular flexibility index (Phi) is 3.72. The summed E-state index contributed by atoms with van der Waals surface area (Å²) in [4.78, 5) is 3.92. The summed E-state index contributed by atoms with van der Waals surface area (Å²) in [5.74, 6) is -0.215. The third-order valence-corrected chi connectivity index (χ3v) is 3.31. The first kappa shape index (κ1) is 13.1. The Bertz CT molecular complexity index is 571. The Hall–Kier alpha value is -1.34. The number of nitrogens with one attached hydrogen (secondary N) is 1. The molecule has 18 heavy (non-hydrogen) atoms. The Morgan fingerprint density at radius 2 is 1.89 bits per heavy atom. The van der Waals surface area contributed by atoms with Crippen LogP contribution in [0.15, 0.2) is 30.5 Å². The van der Waals surface area contributed by atoms with Gasteiger partial charge in [-0.05, 0) is 29.9 Å². The molecule has 7 heteroatoms. The molecule has 0 unspecified atom stereocenters. The van der Waals surface area contributed by atoms with Crippen LogP contribution in [0.25, 0.3) is 0 Å². The second kappa shape index (κ2) is 5.11. The second-order valence-electron chi connectivity index (χ2n) is 3.51. The summed E-state index contributed by atoms with van der Waals surface area (Å²) in [6.45, 7) is 0. The number of hydrogen-bond donors (Lipinski definition) is 1. The van der Waals surface area contributed by atoms with Crippen LogP contribution in [0.3, 0.4) is 0 Å². The van der Waals surface area contributed by atoms with E-state index in [1.54, 1.807) is 18.3 Å². The average Bonchev–Trinajstić information content (AvgIpc) is 2.65. The van der Waals surface area contributed by atoms with Gasteiger partial charge in [-0.1, -0.05) is 12.1 Å². The van der Waals surface area contributed by atoms with E-state index in [4.69, 9.17) is 12.2 Å². The predicted octanol–water partition coefficient (Wildman–Crippen LogP) is 4.30. The van der Waals surface area contributed by atoms with Crippen LogP contribution in [0, 0.1) is 3.95 Å². The van der Waals surface area contributed by atoms with Gasteiger partial charge in [0.1, 0.15) is 5.75 Å². The summed E-state index contributed by atoms with van der Waals surface area (Å²) in [7, 11) is 0. The molecule has 0 bridgehead atoms. The minimum atomic E-state index is -4.65. The summed E-state index contributed by atoms with van der Waals surface area (Å²) >= 11 is 6.39. The number of halogens is 3. The van der Waals surface area contributed by atoms with Crippen molar-refractivity contribution in [2.75, 3.05) is 0 Å². The summed E-state index contributed by atoms with van der Waals surface area (Å²) in [5, 5.41) is 0. The number of benzene rings is 1. The van der Waals surface area contributed by atoms with E-state index in [-0.39, 0.29) is 5.75 Å². The minimum Gasteiger partial charge on any atom is -0.406 e. The van der Waals surface area contributed by atoms with Crippen LogP contribution in [-0.2, 0) is 6.42 Å². The molecule has 0 atom stereocenters. The number of rotatable bonds is 3. The van der Waals surface area contributed by atoms with E-state index >= 15 is 0 Å². The third kappa shape index (κ3) is 3.85. The van der Waals surface area contributed by atoms with E-state index < -0.39 is 6.36 Å². The van der Waals surface area contributed by atoms with E-state index in [0.29, 0.717) is 10.4 Å². The van der Waals surface area contributed by atoms with Crippen molar-refractivity contribution in [2.45, 2.75) is 12.8 Å². The first-order chi connectivity index (χ1) is 8.42. The molecule has 0 aliphatic heterocycles. The standard InChI is InChI=1S/C11H8F3NOS2/c12-11(13,14)16-8-3-1-7(2-4-8)5-9-6-15-10(17)18-9/h1-4,6H,5H2,(H,15,17). The fourth-order valence-corrected chi connectivity index (χ4v) is 2.51. The predicted molar refractivity (Wildman–Crippen MR) is 65.4 cm³/mol. The van der Waals surface area contributed by atoms with E-state index in [1.807, 2.05) is 0 Å². The average molecular weight is 291 g/mol. The summed E-state index contributed by atoms with van der Waals surface area (Å²) in [6.07, 6.45) is -2.22. The highest BCUT2D eigenvalue weighted by molar-refractivity contribution is 7.73. The summed E-state index contributed by atoms with van der Waals surface area (Å²) in [6, 6.07) is 5.80. The second-order valence-corrected chi connectivity index (χ2v) is 5.32. The Balaban J connectivity index is 2.06. The van der Waals surface area contributed by atoms with E-state index in [2.05, 4.69) is 9.72 Å². The highest BCUT2D eigenvalue weighted by Crippen LogP contribution is 2.23. The molecule has 0 aliphatic rings. The molecule has 2 rings (SSSR count). The van der Waals surface area contributed by atoms with Gasteiger partial charge in [0.15, 0.2) is 3.95 Å². The van der Waals surface area contributed by atoms with Crippen molar-refractivity contribution >= 4 is 23.6 Å². The van der Waals surface area contributed by atoms with Crippen molar-refractivity contribution in [1.82, 2.24) is 4.98 Å². The van der Waals surface area contributed by atoms with Gasteiger partial charge < -0.3 is 9.72 Å². The normalized spacial score (nSPS) is 11.5. The lowest BCUT2D eigenvalue weighted by Crippen LogP contribution is -2.17. The number of ether oxygens (including phenoxy) is 1. The topological polar surface area (TPSA) is 25.0 Å². The monoisotopic (exact) mass is 291 g/mol. The molecule has 0 aliphatic carbocycles. The lowest BCUT2D eigenvalue weighted by Gasteiger charge is -2.08. The molecule has 96 valence electrons. The zero-order valence-corrected chi connectivity index (χ0v) is 10.6. The maximum Gasteiger partial charge on any atom is 0.573 e. The Morgan fingerprint density at radius 1 is 1.22 bits per heavy atom. The van der Waals surface area contributed by atoms with Crippen molar-refractivity contribution < 1.29 is 17.9 Å². The molecule has 0 saturated carbocycles. The largest absolute Gasteiger partial charge is 0.573 e. The lowest BCUT2D eigenvalue weighted by molar-refractivity contribution is -0.274. The molecule has 0 spiro atoms. The van der Waals surface area contributed by atoms with Gasteiger partial charge in [-0.2, -0.15) is 0 Å². The molecule has 1 aromatic carbocycles. The van der Waals surface area contributed by atoms with Gasteiger partial charge in [0.05, 0.1) is 0 Å². The van der Waals surface area contributed by atoms with E-state index in [9.17, 15) is 13.2 Å². The number of alkyl halides is 3. The van der Waals surface area contributed by atoms with Crippen LogP contribution < -0.4 is 4.74 Å². The molecule has 2 nitrogen and oxygen atoms in total. The van der Waals surface area contributed by atoms with Gasteiger partial charge in [0, 0.05) is 17.5 Å². The van der Waals surface area contributed by atoms with Crippen LogP contribution in [0.4, 0.5) is 13.2 Å². The van der Waals surface area contributed by atoms with Gasteiger partial charge in [-0.3, -0.25) is 0 Å². The van der Waals surface area contributed by atoms with Crippen LogP contribution in [-0.4, -0.2) is 11.3 Å². The van der Waals surface area contributed by atoms with Crippen molar-refractivity contribution in [1.29, 1.82) is 0 Å². The molecular weight excluding hydrogens is 283 g/mol. The Morgan fingerprint density at radius 3 is 2.39 bits per heavy atom. The first-order valence-electron chi connectivity index (χ1n) is 4.94. The van der Waals surface area contributed by atoms with Crippen LogP contribution >= 0.6 is 23.6 Å². The molecule has 1 heterocycles. The smallest absolute Gasteiger partial charge is 0.406 e. The SMILES string of the molecule is FC(F)(F)Oc1ccc(Cc2c[nH]c(=S)s2)cc1. The number of thiazole rings is 1. The first-order valence-corrected chi connectivity index (χ1v) is 6.17. The van der Waals surface area contributed by atoms with Gasteiger partial charge >= 0.3 is 6.36 Å². The number of aromatic amines is 1. The van der Waals surface area contributed by atoms with Crippen molar-refractivity contribution in [3.63, 3.8) is 0 Å². The third-order valence-electron chi connectivity index (χ3n) is 2.11. The van der Waals surface area contributed by atoms with Gasteiger partial charge in [-0.25, -0.2) is 0 Å². The van der Waals surface area contributed by atoms with Crippen molar-refractivity contribution in [2.24, 2.45) is 0 Å². The molecule has 2 aromatic rings. The molecule has 0 amide bonds. The highest BCUT2D eigenvalue weighted by atomic mass is 32.1. The zero-order chi connectivity index (χ0) is 13.2. The van der Waals surface area contributed by atoms with Crippen LogP contribution in [0.5, 0.6) is 5.75 Å². The summed E-state index contributed by atoms with van der Waals surface area (Å²) in [5.41, 5.74) is 0.898. The molecule has 1 N–H and O–H groups in total. The summed E-state index contributed by atoms with van der Waals surface area (Å²) < 4.78 is 40.3. The van der Waals surface area contributed by atoms with Crippen molar-refractivity contribution in [3.05, 3.63) is 44.9 Å². The molecule has 0 radical (unpaired) electrons. The maximum absolute atomic E-state index is 12.0. The van der Waals surface area contributed by atoms with E-state index in [0.717, 1.165) is 10.4 Å². The molecule has 0 fully saturated rings. The quantitative estimate of drug-likeness (QED) is 0.853. The Labute approximate surface area is 110 Å². The molecular formula is C11H8F3NOS2. The van der Waals surface area contributed by atoms with Crippen LogP contribution in [0.2, 0.25) is 0 Å².